The van der Waals surface area contributed by atoms with E-state index in [1.54, 1.807) is 42.5 Å². The average Bonchev–Trinajstić information content (AvgIpc) is 2.65. The molecule has 134 valence electrons. The molecule has 0 aliphatic carbocycles. The number of amides is 2. The summed E-state index contributed by atoms with van der Waals surface area (Å²) in [6.07, 6.45) is 3.76. The Bertz CT molecular complexity index is 812. The van der Waals surface area contributed by atoms with E-state index in [0.717, 1.165) is 6.42 Å². The maximum Gasteiger partial charge on any atom is 0.269 e. The van der Waals surface area contributed by atoms with Gasteiger partial charge in [-0.05, 0) is 54.5 Å². The molecule has 0 aliphatic rings. The minimum atomic E-state index is -0.480. The standard InChI is InChI=1S/C19H19N3O4/c1-2-13-20-19(24)15-6-8-16(9-7-15)21-18(23)12-5-14-3-10-17(11-4-14)22(25)26/h3-12H,2,13H2,1H3,(H,20,24)(H,21,23)/b12-5+. The second-order valence-electron chi connectivity index (χ2n) is 5.50. The number of nitro benzene ring substituents is 1. The lowest BCUT2D eigenvalue weighted by atomic mass is 10.2. The number of nitrogens with one attached hydrogen (secondary N) is 2. The van der Waals surface area contributed by atoms with E-state index in [2.05, 4.69) is 10.6 Å². The van der Waals surface area contributed by atoms with Crippen LogP contribution in [0.15, 0.2) is 54.6 Å². The van der Waals surface area contributed by atoms with Gasteiger partial charge in [-0.1, -0.05) is 6.92 Å². The summed E-state index contributed by atoms with van der Waals surface area (Å²) in [5.74, 6) is -0.491. The van der Waals surface area contributed by atoms with Gasteiger partial charge in [-0.2, -0.15) is 0 Å². The van der Waals surface area contributed by atoms with Crippen LogP contribution in [0.2, 0.25) is 0 Å². The molecular formula is C19H19N3O4. The number of rotatable bonds is 7. The molecule has 0 heterocycles. The first-order valence-electron chi connectivity index (χ1n) is 8.11. The summed E-state index contributed by atoms with van der Waals surface area (Å²) in [5, 5.41) is 16.1. The molecule has 0 unspecified atom stereocenters. The van der Waals surface area contributed by atoms with Crippen molar-refractivity contribution in [3.05, 3.63) is 75.8 Å². The minimum Gasteiger partial charge on any atom is -0.352 e. The van der Waals surface area contributed by atoms with Crippen LogP contribution in [0.3, 0.4) is 0 Å². The second-order valence-corrected chi connectivity index (χ2v) is 5.50. The van der Waals surface area contributed by atoms with E-state index in [9.17, 15) is 19.7 Å². The summed E-state index contributed by atoms with van der Waals surface area (Å²) in [6, 6.07) is 12.5. The summed E-state index contributed by atoms with van der Waals surface area (Å²) in [7, 11) is 0. The van der Waals surface area contributed by atoms with Crippen molar-refractivity contribution in [3.63, 3.8) is 0 Å². The number of carbonyl (C=O) groups excluding carboxylic acids is 2. The monoisotopic (exact) mass is 353 g/mol. The molecule has 0 radical (unpaired) electrons. The summed E-state index contributed by atoms with van der Waals surface area (Å²) >= 11 is 0. The zero-order valence-electron chi connectivity index (χ0n) is 14.3. The van der Waals surface area contributed by atoms with Crippen molar-refractivity contribution in [2.45, 2.75) is 13.3 Å². The van der Waals surface area contributed by atoms with E-state index in [1.807, 2.05) is 6.92 Å². The van der Waals surface area contributed by atoms with Crippen LogP contribution in [-0.2, 0) is 4.79 Å². The number of benzene rings is 2. The Balaban J connectivity index is 1.92. The van der Waals surface area contributed by atoms with Crippen LogP contribution in [-0.4, -0.2) is 23.3 Å². The third-order valence-corrected chi connectivity index (χ3v) is 3.48. The number of anilines is 1. The maximum absolute atomic E-state index is 11.9. The summed E-state index contributed by atoms with van der Waals surface area (Å²) in [4.78, 5) is 33.9. The largest absolute Gasteiger partial charge is 0.352 e. The van der Waals surface area contributed by atoms with Gasteiger partial charge >= 0.3 is 0 Å². The van der Waals surface area contributed by atoms with Gasteiger partial charge in [-0.25, -0.2) is 0 Å². The van der Waals surface area contributed by atoms with Gasteiger partial charge in [-0.15, -0.1) is 0 Å². The van der Waals surface area contributed by atoms with Gasteiger partial charge in [0.2, 0.25) is 5.91 Å². The van der Waals surface area contributed by atoms with E-state index in [1.165, 1.54) is 18.2 Å². The number of carbonyl (C=O) groups is 2. The molecule has 2 aromatic carbocycles. The van der Waals surface area contributed by atoms with Crippen LogP contribution in [0, 0.1) is 10.1 Å². The quantitative estimate of drug-likeness (QED) is 0.452. The molecule has 0 bridgehead atoms. The van der Waals surface area contributed by atoms with Crippen LogP contribution in [0.5, 0.6) is 0 Å². The van der Waals surface area contributed by atoms with Crippen molar-refractivity contribution in [1.29, 1.82) is 0 Å². The average molecular weight is 353 g/mol. The van der Waals surface area contributed by atoms with E-state index >= 15 is 0 Å². The van der Waals surface area contributed by atoms with Crippen LogP contribution in [0.4, 0.5) is 11.4 Å². The molecule has 0 fully saturated rings. The lowest BCUT2D eigenvalue weighted by Gasteiger charge is -2.05. The van der Waals surface area contributed by atoms with Crippen LogP contribution in [0.1, 0.15) is 29.3 Å². The Kier molecular flexibility index (Phi) is 6.61. The van der Waals surface area contributed by atoms with Gasteiger partial charge < -0.3 is 10.6 Å². The fourth-order valence-corrected chi connectivity index (χ4v) is 2.11. The molecule has 7 heteroatoms. The lowest BCUT2D eigenvalue weighted by Crippen LogP contribution is -2.23. The first-order valence-corrected chi connectivity index (χ1v) is 8.11. The van der Waals surface area contributed by atoms with E-state index in [-0.39, 0.29) is 17.5 Å². The van der Waals surface area contributed by atoms with Crippen molar-refractivity contribution >= 4 is 29.3 Å². The Morgan fingerprint density at radius 3 is 2.31 bits per heavy atom. The molecule has 2 amide bonds. The summed E-state index contributed by atoms with van der Waals surface area (Å²) < 4.78 is 0. The molecule has 2 N–H and O–H groups in total. The second kappa shape index (κ2) is 9.12. The smallest absolute Gasteiger partial charge is 0.269 e. The van der Waals surface area contributed by atoms with Crippen molar-refractivity contribution in [2.24, 2.45) is 0 Å². The Morgan fingerprint density at radius 1 is 1.08 bits per heavy atom. The minimum absolute atomic E-state index is 0.00494. The molecule has 0 aromatic heterocycles. The number of hydrogen-bond donors (Lipinski definition) is 2. The predicted molar refractivity (Wildman–Crippen MR) is 99.8 cm³/mol. The van der Waals surface area contributed by atoms with Crippen molar-refractivity contribution in [1.82, 2.24) is 5.32 Å². The first-order chi connectivity index (χ1) is 12.5. The molecule has 0 atom stereocenters. The van der Waals surface area contributed by atoms with Crippen LogP contribution in [0.25, 0.3) is 6.08 Å². The van der Waals surface area contributed by atoms with Gasteiger partial charge in [0.25, 0.3) is 11.6 Å². The Hall–Kier alpha value is -3.48. The fourth-order valence-electron chi connectivity index (χ4n) is 2.11. The van der Waals surface area contributed by atoms with Crippen LogP contribution < -0.4 is 10.6 Å². The zero-order chi connectivity index (χ0) is 18.9. The highest BCUT2D eigenvalue weighted by molar-refractivity contribution is 6.02. The summed E-state index contributed by atoms with van der Waals surface area (Å²) in [5.41, 5.74) is 1.76. The van der Waals surface area contributed by atoms with E-state index in [4.69, 9.17) is 0 Å². The molecule has 2 aromatic rings. The normalized spacial score (nSPS) is 10.5. The number of non-ortho nitro benzene ring substituents is 1. The molecule has 26 heavy (non-hydrogen) atoms. The summed E-state index contributed by atoms with van der Waals surface area (Å²) in [6.45, 7) is 2.59. The zero-order valence-corrected chi connectivity index (χ0v) is 14.3. The van der Waals surface area contributed by atoms with Gasteiger partial charge in [0.05, 0.1) is 4.92 Å². The lowest BCUT2D eigenvalue weighted by molar-refractivity contribution is -0.384. The van der Waals surface area contributed by atoms with E-state index < -0.39 is 4.92 Å². The van der Waals surface area contributed by atoms with Crippen molar-refractivity contribution in [3.8, 4) is 0 Å². The molecule has 2 rings (SSSR count). The predicted octanol–water partition coefficient (Wildman–Crippen LogP) is 3.39. The Labute approximate surface area is 150 Å². The fraction of sp³-hybridized carbons (Fsp3) is 0.158. The number of nitro groups is 1. The van der Waals surface area contributed by atoms with Gasteiger partial charge in [0.1, 0.15) is 0 Å². The van der Waals surface area contributed by atoms with Gasteiger partial charge in [-0.3, -0.25) is 19.7 Å². The highest BCUT2D eigenvalue weighted by Gasteiger charge is 2.05. The molecule has 0 spiro atoms. The van der Waals surface area contributed by atoms with Crippen molar-refractivity contribution < 1.29 is 14.5 Å². The first kappa shape index (κ1) is 18.9. The van der Waals surface area contributed by atoms with Gasteiger partial charge in [0.15, 0.2) is 0 Å². The molecular weight excluding hydrogens is 334 g/mol. The number of nitrogens with zero attached hydrogens (tertiary/aromatic N) is 1. The maximum atomic E-state index is 11.9. The molecule has 0 saturated carbocycles. The van der Waals surface area contributed by atoms with Gasteiger partial charge in [0, 0.05) is 36.0 Å². The van der Waals surface area contributed by atoms with Crippen LogP contribution >= 0.6 is 0 Å². The third-order valence-electron chi connectivity index (χ3n) is 3.48. The number of hydrogen-bond acceptors (Lipinski definition) is 4. The molecule has 7 nitrogen and oxygen atoms in total. The highest BCUT2D eigenvalue weighted by Crippen LogP contribution is 2.13. The third kappa shape index (κ3) is 5.55. The van der Waals surface area contributed by atoms with E-state index in [0.29, 0.717) is 23.4 Å². The highest BCUT2D eigenvalue weighted by atomic mass is 16.6. The molecule has 0 saturated heterocycles. The topological polar surface area (TPSA) is 101 Å². The molecule has 0 aliphatic heterocycles. The van der Waals surface area contributed by atoms with Crippen molar-refractivity contribution in [2.75, 3.05) is 11.9 Å². The Morgan fingerprint density at radius 2 is 1.73 bits per heavy atom. The SMILES string of the molecule is CCCNC(=O)c1ccc(NC(=O)/C=C/c2ccc([N+](=O)[O-])cc2)cc1.